The molecule has 0 aliphatic heterocycles. The van der Waals surface area contributed by atoms with Crippen LogP contribution in [0.4, 0.5) is 5.82 Å². The molecule has 2 aromatic rings. The summed E-state index contributed by atoms with van der Waals surface area (Å²) >= 11 is 3.79. The lowest BCUT2D eigenvalue weighted by molar-refractivity contribution is 0.915. The highest BCUT2D eigenvalue weighted by Gasteiger charge is 2.22. The normalized spacial score (nSPS) is 14.1. The zero-order valence-corrected chi connectivity index (χ0v) is 14.7. The molecule has 21 heavy (non-hydrogen) atoms. The number of nitrogens with zero attached hydrogens (tertiary/aromatic N) is 2. The molecular formula is C16H23N3S2. The van der Waals surface area contributed by atoms with Gasteiger partial charge in [-0.05, 0) is 36.5 Å². The van der Waals surface area contributed by atoms with Gasteiger partial charge in [0.15, 0.2) is 0 Å². The summed E-state index contributed by atoms with van der Waals surface area (Å²) in [5.74, 6) is 2.94. The predicted octanol–water partition coefficient (Wildman–Crippen LogP) is 4.64. The van der Waals surface area contributed by atoms with E-state index in [0.29, 0.717) is 5.25 Å². The van der Waals surface area contributed by atoms with Crippen molar-refractivity contribution in [3.63, 3.8) is 0 Å². The van der Waals surface area contributed by atoms with Crippen molar-refractivity contribution in [1.82, 2.24) is 9.97 Å². The number of rotatable bonds is 6. The second-order valence-electron chi connectivity index (χ2n) is 5.81. The summed E-state index contributed by atoms with van der Waals surface area (Å²) in [5.41, 5.74) is 1.51. The van der Waals surface area contributed by atoms with Crippen molar-refractivity contribution < 1.29 is 0 Å². The number of aryl methyl sites for hydroxylation is 2. The van der Waals surface area contributed by atoms with Crippen molar-refractivity contribution in [3.05, 3.63) is 16.3 Å². The fraction of sp³-hybridized carbons (Fsp3) is 0.625. The minimum absolute atomic E-state index is 0.615. The van der Waals surface area contributed by atoms with Crippen molar-refractivity contribution in [3.8, 4) is 0 Å². The minimum Gasteiger partial charge on any atom is -0.369 e. The zero-order chi connectivity index (χ0) is 14.8. The zero-order valence-electron chi connectivity index (χ0n) is 13.0. The molecule has 0 bridgehead atoms. The molecule has 5 heteroatoms. The second-order valence-corrected chi connectivity index (χ2v) is 8.46. The number of hydrogen-bond acceptors (Lipinski definition) is 5. The number of thiophene rings is 1. The quantitative estimate of drug-likeness (QED) is 0.841. The predicted molar refractivity (Wildman–Crippen MR) is 94.7 cm³/mol. The maximum absolute atomic E-state index is 4.83. The maximum Gasteiger partial charge on any atom is 0.142 e. The van der Waals surface area contributed by atoms with E-state index in [4.69, 9.17) is 9.97 Å². The van der Waals surface area contributed by atoms with Gasteiger partial charge >= 0.3 is 0 Å². The van der Waals surface area contributed by atoms with E-state index in [9.17, 15) is 0 Å². The highest BCUT2D eigenvalue weighted by atomic mass is 32.2. The first-order valence-corrected chi connectivity index (χ1v) is 9.72. The molecule has 114 valence electrons. The largest absolute Gasteiger partial charge is 0.369 e. The molecule has 0 radical (unpaired) electrons. The van der Waals surface area contributed by atoms with Gasteiger partial charge in [0.25, 0.3) is 0 Å². The SMILES string of the molecule is CCCNc1nc(CSC(C)C)nc2sc3c(c12)CCC3. The lowest BCUT2D eigenvalue weighted by atomic mass is 10.2. The monoisotopic (exact) mass is 321 g/mol. The van der Waals surface area contributed by atoms with Crippen LogP contribution in [0, 0.1) is 0 Å². The van der Waals surface area contributed by atoms with E-state index in [1.165, 1.54) is 39.9 Å². The standard InChI is InChI=1S/C16H23N3S2/c1-4-8-17-15-14-11-6-5-7-12(11)21-16(14)19-13(18-15)9-20-10(2)3/h10H,4-9H2,1-3H3,(H,17,18,19). The molecule has 1 N–H and O–H groups in total. The summed E-state index contributed by atoms with van der Waals surface area (Å²) in [6.45, 7) is 7.62. The van der Waals surface area contributed by atoms with Gasteiger partial charge in [-0.3, -0.25) is 0 Å². The Labute approximate surface area is 135 Å². The van der Waals surface area contributed by atoms with Crippen LogP contribution < -0.4 is 5.32 Å². The topological polar surface area (TPSA) is 37.8 Å². The number of aromatic nitrogens is 2. The molecule has 3 nitrogen and oxygen atoms in total. The van der Waals surface area contributed by atoms with Crippen LogP contribution in [0.5, 0.6) is 0 Å². The van der Waals surface area contributed by atoms with Crippen molar-refractivity contribution in [2.45, 2.75) is 57.5 Å². The first kappa shape index (κ1) is 15.1. The Morgan fingerprint density at radius 3 is 2.90 bits per heavy atom. The maximum atomic E-state index is 4.83. The summed E-state index contributed by atoms with van der Waals surface area (Å²) < 4.78 is 0. The third-order valence-electron chi connectivity index (χ3n) is 3.70. The Balaban J connectivity index is 2.00. The fourth-order valence-corrected chi connectivity index (χ4v) is 4.61. The van der Waals surface area contributed by atoms with E-state index in [1.807, 2.05) is 23.1 Å². The van der Waals surface area contributed by atoms with Crippen molar-refractivity contribution in [2.75, 3.05) is 11.9 Å². The van der Waals surface area contributed by atoms with Gasteiger partial charge in [-0.15, -0.1) is 11.3 Å². The summed E-state index contributed by atoms with van der Waals surface area (Å²) in [5, 5.41) is 5.45. The van der Waals surface area contributed by atoms with Gasteiger partial charge in [0.1, 0.15) is 16.5 Å². The molecule has 2 aromatic heterocycles. The van der Waals surface area contributed by atoms with Crippen LogP contribution in [-0.4, -0.2) is 21.8 Å². The van der Waals surface area contributed by atoms with E-state index >= 15 is 0 Å². The number of fused-ring (bicyclic) bond motifs is 3. The molecule has 2 heterocycles. The van der Waals surface area contributed by atoms with Crippen molar-refractivity contribution in [1.29, 1.82) is 0 Å². The molecule has 0 fully saturated rings. The highest BCUT2D eigenvalue weighted by Crippen LogP contribution is 2.39. The molecule has 1 aliphatic rings. The molecule has 0 saturated carbocycles. The number of thioether (sulfide) groups is 1. The van der Waals surface area contributed by atoms with E-state index < -0.39 is 0 Å². The van der Waals surface area contributed by atoms with Gasteiger partial charge in [-0.25, -0.2) is 9.97 Å². The minimum atomic E-state index is 0.615. The van der Waals surface area contributed by atoms with Gasteiger partial charge in [0.05, 0.1) is 11.1 Å². The van der Waals surface area contributed by atoms with Crippen molar-refractivity contribution >= 4 is 39.1 Å². The third-order valence-corrected chi connectivity index (χ3v) is 5.98. The Kier molecular flexibility index (Phi) is 4.69. The van der Waals surface area contributed by atoms with Crippen LogP contribution in [0.2, 0.25) is 0 Å². The van der Waals surface area contributed by atoms with Crippen LogP contribution in [0.15, 0.2) is 0 Å². The number of anilines is 1. The summed E-state index contributed by atoms with van der Waals surface area (Å²) in [4.78, 5) is 12.4. The van der Waals surface area contributed by atoms with E-state index in [-0.39, 0.29) is 0 Å². The summed E-state index contributed by atoms with van der Waals surface area (Å²) in [7, 11) is 0. The molecule has 0 unspecified atom stereocenters. The molecule has 0 aromatic carbocycles. The van der Waals surface area contributed by atoms with E-state index in [2.05, 4.69) is 26.1 Å². The molecule has 3 rings (SSSR count). The van der Waals surface area contributed by atoms with Gasteiger partial charge in [-0.1, -0.05) is 20.8 Å². The lowest BCUT2D eigenvalue weighted by Gasteiger charge is -2.10. The molecule has 0 saturated heterocycles. The van der Waals surface area contributed by atoms with Crippen LogP contribution in [-0.2, 0) is 18.6 Å². The van der Waals surface area contributed by atoms with Gasteiger partial charge in [-0.2, -0.15) is 11.8 Å². The smallest absolute Gasteiger partial charge is 0.142 e. The second kappa shape index (κ2) is 6.53. The Morgan fingerprint density at radius 2 is 2.14 bits per heavy atom. The molecule has 0 amide bonds. The fourth-order valence-electron chi connectivity index (χ4n) is 2.72. The first-order chi connectivity index (χ1) is 10.2. The lowest BCUT2D eigenvalue weighted by Crippen LogP contribution is -2.06. The highest BCUT2D eigenvalue weighted by molar-refractivity contribution is 7.99. The van der Waals surface area contributed by atoms with Crippen molar-refractivity contribution in [2.24, 2.45) is 0 Å². The first-order valence-electron chi connectivity index (χ1n) is 7.85. The summed E-state index contributed by atoms with van der Waals surface area (Å²) in [6.07, 6.45) is 4.82. The van der Waals surface area contributed by atoms with Gasteiger partial charge in [0.2, 0.25) is 0 Å². The van der Waals surface area contributed by atoms with Gasteiger partial charge < -0.3 is 5.32 Å². The molecule has 1 aliphatic carbocycles. The molecule has 0 atom stereocenters. The van der Waals surface area contributed by atoms with Crippen LogP contribution in [0.3, 0.4) is 0 Å². The molecule has 0 spiro atoms. The van der Waals surface area contributed by atoms with Crippen LogP contribution in [0.25, 0.3) is 10.2 Å². The van der Waals surface area contributed by atoms with E-state index in [1.54, 1.807) is 0 Å². The Morgan fingerprint density at radius 1 is 1.29 bits per heavy atom. The van der Waals surface area contributed by atoms with Gasteiger partial charge in [0, 0.05) is 11.4 Å². The summed E-state index contributed by atoms with van der Waals surface area (Å²) in [6, 6.07) is 0. The molecular weight excluding hydrogens is 298 g/mol. The third kappa shape index (κ3) is 3.19. The Hall–Kier alpha value is -0.810. The van der Waals surface area contributed by atoms with Crippen LogP contribution >= 0.6 is 23.1 Å². The number of hydrogen-bond donors (Lipinski definition) is 1. The van der Waals surface area contributed by atoms with Crippen LogP contribution in [0.1, 0.15) is 49.9 Å². The average molecular weight is 322 g/mol. The average Bonchev–Trinajstić information content (AvgIpc) is 3.02. The van der Waals surface area contributed by atoms with E-state index in [0.717, 1.165) is 30.4 Å². The number of nitrogens with one attached hydrogen (secondary N) is 1. The Bertz CT molecular complexity index is 634.